The Balaban J connectivity index is 2.09. The number of rotatable bonds is 14. The second-order valence-electron chi connectivity index (χ2n) is 14.1. The molecule has 270 valence electrons. The number of nitrogens with zero attached hydrogens (tertiary/aromatic N) is 1. The predicted molar refractivity (Wildman–Crippen MR) is 190 cm³/mol. The molecule has 3 unspecified atom stereocenters. The van der Waals surface area contributed by atoms with E-state index in [0.29, 0.717) is 11.1 Å². The number of aryl methyl sites for hydroxylation is 1. The van der Waals surface area contributed by atoms with E-state index in [9.17, 15) is 29.4 Å². The summed E-state index contributed by atoms with van der Waals surface area (Å²) < 4.78 is 11.2. The smallest absolute Gasteiger partial charge is 0.408 e. The molecule has 0 aliphatic heterocycles. The van der Waals surface area contributed by atoms with Gasteiger partial charge in [-0.15, -0.1) is 0 Å². The molecule has 0 radical (unpaired) electrons. The molecule has 50 heavy (non-hydrogen) atoms. The van der Waals surface area contributed by atoms with Crippen LogP contribution in [0.2, 0.25) is 0 Å². The van der Waals surface area contributed by atoms with Crippen LogP contribution in [0.4, 0.5) is 4.79 Å². The first-order valence-corrected chi connectivity index (χ1v) is 16.8. The number of nitrogens with one attached hydrogen (secondary N) is 2. The molecule has 3 rings (SSSR count). The van der Waals surface area contributed by atoms with Gasteiger partial charge in [-0.25, -0.2) is 9.59 Å². The summed E-state index contributed by atoms with van der Waals surface area (Å²) in [5.74, 6) is -1.97. The van der Waals surface area contributed by atoms with Crippen molar-refractivity contribution >= 4 is 23.9 Å². The van der Waals surface area contributed by atoms with Gasteiger partial charge in [0.15, 0.2) is 0 Å². The maximum absolute atomic E-state index is 14.6. The molecule has 3 amide bonds. The maximum atomic E-state index is 14.6. The van der Waals surface area contributed by atoms with E-state index in [1.807, 2.05) is 49.4 Å². The Kier molecular flexibility index (Phi) is 14.0. The topological polar surface area (TPSA) is 154 Å². The number of aliphatic hydroxyl groups excluding tert-OH is 1. The van der Waals surface area contributed by atoms with Crippen LogP contribution < -0.4 is 10.6 Å². The highest BCUT2D eigenvalue weighted by molar-refractivity contribution is 5.94. The number of alkyl carbamates (subject to hydrolysis) is 1. The minimum absolute atomic E-state index is 0.0159. The Labute approximate surface area is 295 Å². The van der Waals surface area contributed by atoms with Gasteiger partial charge in [0, 0.05) is 19.4 Å². The Bertz CT molecular complexity index is 1560. The molecule has 0 aliphatic carbocycles. The van der Waals surface area contributed by atoms with Crippen LogP contribution in [0.1, 0.15) is 76.8 Å². The number of amides is 3. The van der Waals surface area contributed by atoms with Crippen molar-refractivity contribution in [2.24, 2.45) is 0 Å². The van der Waals surface area contributed by atoms with Gasteiger partial charge >= 0.3 is 12.1 Å². The van der Waals surface area contributed by atoms with Crippen LogP contribution in [0.3, 0.4) is 0 Å². The first-order valence-electron chi connectivity index (χ1n) is 16.8. The molecule has 0 saturated heterocycles. The number of ether oxygens (including phenoxy) is 2. The third kappa shape index (κ3) is 12.5. The molecular formula is C39H51N3O8. The summed E-state index contributed by atoms with van der Waals surface area (Å²) in [7, 11) is 0. The molecule has 0 heterocycles. The van der Waals surface area contributed by atoms with Gasteiger partial charge in [0.25, 0.3) is 0 Å². The fraction of sp³-hybridized carbons (Fsp3) is 0.436. The lowest BCUT2D eigenvalue weighted by Gasteiger charge is -2.35. The maximum Gasteiger partial charge on any atom is 0.408 e. The van der Waals surface area contributed by atoms with Crippen molar-refractivity contribution in [2.45, 2.75) is 97.1 Å². The monoisotopic (exact) mass is 689 g/mol. The van der Waals surface area contributed by atoms with Crippen molar-refractivity contribution in [3.8, 4) is 5.75 Å². The Hall–Kier alpha value is -4.90. The van der Waals surface area contributed by atoms with Gasteiger partial charge in [0.1, 0.15) is 35.1 Å². The van der Waals surface area contributed by atoms with Crippen LogP contribution in [-0.2, 0) is 43.1 Å². The number of aliphatic hydroxyl groups is 1. The number of hydrogen-bond donors (Lipinski definition) is 4. The average molecular weight is 690 g/mol. The third-order valence-electron chi connectivity index (χ3n) is 7.54. The van der Waals surface area contributed by atoms with Crippen LogP contribution in [0, 0.1) is 0 Å². The number of phenolic OH excluding ortho intramolecular Hbond substituents is 1. The largest absolute Gasteiger partial charge is 0.508 e. The summed E-state index contributed by atoms with van der Waals surface area (Å²) in [6.07, 6.45) is 0.00102. The predicted octanol–water partition coefficient (Wildman–Crippen LogP) is 5.02. The van der Waals surface area contributed by atoms with E-state index in [-0.39, 0.29) is 25.1 Å². The van der Waals surface area contributed by atoms with Crippen molar-refractivity contribution in [2.75, 3.05) is 13.2 Å². The highest BCUT2D eigenvalue weighted by Gasteiger charge is 2.38. The minimum Gasteiger partial charge on any atom is -0.508 e. The normalized spacial score (nSPS) is 13.4. The molecule has 0 aliphatic rings. The van der Waals surface area contributed by atoms with Gasteiger partial charge in [0.2, 0.25) is 11.8 Å². The fourth-order valence-corrected chi connectivity index (χ4v) is 5.27. The number of hydrogen-bond acceptors (Lipinski definition) is 8. The number of phenols is 1. The molecule has 0 spiro atoms. The highest BCUT2D eigenvalue weighted by Crippen LogP contribution is 2.25. The molecule has 11 heteroatoms. The van der Waals surface area contributed by atoms with Crippen LogP contribution in [0.15, 0.2) is 78.9 Å². The van der Waals surface area contributed by atoms with E-state index < -0.39 is 59.8 Å². The summed E-state index contributed by atoms with van der Waals surface area (Å²) in [4.78, 5) is 56.8. The lowest BCUT2D eigenvalue weighted by atomic mass is 9.98. The van der Waals surface area contributed by atoms with Gasteiger partial charge in [-0.2, -0.15) is 0 Å². The second-order valence-corrected chi connectivity index (χ2v) is 14.1. The zero-order valence-corrected chi connectivity index (χ0v) is 30.1. The Morgan fingerprint density at radius 1 is 0.720 bits per heavy atom. The summed E-state index contributed by atoms with van der Waals surface area (Å²) >= 11 is 0. The Morgan fingerprint density at radius 2 is 1.26 bits per heavy atom. The highest BCUT2D eigenvalue weighted by atomic mass is 16.6. The number of carbonyl (C=O) groups excluding carboxylic acids is 4. The van der Waals surface area contributed by atoms with Crippen LogP contribution in [0.5, 0.6) is 5.75 Å². The van der Waals surface area contributed by atoms with Gasteiger partial charge in [-0.05, 0) is 82.3 Å². The first-order chi connectivity index (χ1) is 23.5. The standard InChI is InChI=1S/C39H51N3O8/c1-8-26-14-18-29(19-15-26)33(34(45)40-32(36(47)49-38(2,3)4)25-27-12-10-9-11-13-27)42(22-23-43)35(46)31(41-37(48)50-39(5,6)7)24-28-16-20-30(44)21-17-28/h9-21,31-33,43-44H,8,22-25H2,1-7H3,(H,40,45)(H,41,48). The number of esters is 1. The zero-order chi connectivity index (χ0) is 37.1. The van der Waals surface area contributed by atoms with Crippen LogP contribution in [-0.4, -0.2) is 75.4 Å². The molecule has 0 aromatic heterocycles. The van der Waals surface area contributed by atoms with Crippen molar-refractivity contribution < 1.29 is 38.9 Å². The quantitative estimate of drug-likeness (QED) is 0.172. The van der Waals surface area contributed by atoms with E-state index in [2.05, 4.69) is 10.6 Å². The molecule has 3 aromatic carbocycles. The fourth-order valence-electron chi connectivity index (χ4n) is 5.27. The molecule has 3 atom stereocenters. The van der Waals surface area contributed by atoms with Gasteiger partial charge < -0.3 is 35.2 Å². The van der Waals surface area contributed by atoms with Crippen molar-refractivity contribution in [1.29, 1.82) is 0 Å². The van der Waals surface area contributed by atoms with Gasteiger partial charge in [-0.1, -0.05) is 73.7 Å². The lowest BCUT2D eigenvalue weighted by molar-refractivity contribution is -0.159. The SMILES string of the molecule is CCc1ccc(C(C(=O)NC(Cc2ccccc2)C(=O)OC(C)(C)C)N(CCO)C(=O)C(Cc2ccc(O)cc2)NC(=O)OC(C)(C)C)cc1. The Morgan fingerprint density at radius 3 is 1.80 bits per heavy atom. The number of carbonyl (C=O) groups is 4. The molecule has 0 bridgehead atoms. The van der Waals surface area contributed by atoms with Crippen LogP contribution >= 0.6 is 0 Å². The summed E-state index contributed by atoms with van der Waals surface area (Å²) in [6, 6.07) is 18.8. The minimum atomic E-state index is -1.32. The molecule has 4 N–H and O–H groups in total. The van der Waals surface area contributed by atoms with Gasteiger partial charge in [0.05, 0.1) is 6.61 Å². The average Bonchev–Trinajstić information content (AvgIpc) is 3.03. The molecule has 3 aromatic rings. The molecule has 0 fully saturated rings. The van der Waals surface area contributed by atoms with E-state index in [0.717, 1.165) is 17.5 Å². The zero-order valence-electron chi connectivity index (χ0n) is 30.1. The van der Waals surface area contributed by atoms with Crippen molar-refractivity contribution in [3.05, 3.63) is 101 Å². The van der Waals surface area contributed by atoms with Crippen molar-refractivity contribution in [1.82, 2.24) is 15.5 Å². The number of aromatic hydroxyl groups is 1. The summed E-state index contributed by atoms with van der Waals surface area (Å²) in [6.45, 7) is 11.5. The van der Waals surface area contributed by atoms with Crippen molar-refractivity contribution in [3.63, 3.8) is 0 Å². The first kappa shape index (κ1) is 39.5. The molecule has 11 nitrogen and oxygen atoms in total. The van der Waals surface area contributed by atoms with E-state index in [1.165, 1.54) is 17.0 Å². The molecule has 0 saturated carbocycles. The van der Waals surface area contributed by atoms with E-state index in [1.54, 1.807) is 65.8 Å². The number of benzene rings is 3. The molecular weight excluding hydrogens is 638 g/mol. The van der Waals surface area contributed by atoms with Crippen LogP contribution in [0.25, 0.3) is 0 Å². The van der Waals surface area contributed by atoms with E-state index >= 15 is 0 Å². The summed E-state index contributed by atoms with van der Waals surface area (Å²) in [5, 5.41) is 25.6. The summed E-state index contributed by atoms with van der Waals surface area (Å²) in [5.41, 5.74) is 1.14. The third-order valence-corrected chi connectivity index (χ3v) is 7.54. The lowest BCUT2D eigenvalue weighted by Crippen LogP contribution is -2.56. The van der Waals surface area contributed by atoms with E-state index in [4.69, 9.17) is 9.47 Å². The second kappa shape index (κ2) is 17.7. The van der Waals surface area contributed by atoms with Gasteiger partial charge in [-0.3, -0.25) is 9.59 Å².